The van der Waals surface area contributed by atoms with E-state index in [4.69, 9.17) is 17.0 Å². The number of nitrogens with one attached hydrogen (secondary N) is 1. The van der Waals surface area contributed by atoms with Gasteiger partial charge in [-0.2, -0.15) is 0 Å². The normalized spacial score (nSPS) is 10.4. The van der Waals surface area contributed by atoms with Crippen molar-refractivity contribution < 1.29 is 4.74 Å². The summed E-state index contributed by atoms with van der Waals surface area (Å²) in [6.45, 7) is 4.06. The van der Waals surface area contributed by atoms with Crippen LogP contribution < -0.4 is 4.74 Å². The van der Waals surface area contributed by atoms with Gasteiger partial charge in [0.15, 0.2) is 4.77 Å². The fraction of sp³-hybridized carbons (Fsp3) is 0.250. The van der Waals surface area contributed by atoms with E-state index in [0.717, 1.165) is 17.1 Å². The van der Waals surface area contributed by atoms with Crippen LogP contribution in [-0.4, -0.2) is 16.7 Å². The van der Waals surface area contributed by atoms with Gasteiger partial charge in [0.1, 0.15) is 5.75 Å². The number of ether oxygens (including phenoxy) is 1. The molecule has 4 heteroatoms. The SMILES string of the molecule is COc1ccc(C)cc1-n1c(C)c[nH]c1=S. The molecule has 16 heavy (non-hydrogen) atoms. The molecule has 0 bridgehead atoms. The molecule has 0 aliphatic heterocycles. The van der Waals surface area contributed by atoms with Crippen LogP contribution >= 0.6 is 12.2 Å². The van der Waals surface area contributed by atoms with Crippen LogP contribution in [0.2, 0.25) is 0 Å². The first kappa shape index (κ1) is 11.0. The molecular formula is C12H14N2OS. The van der Waals surface area contributed by atoms with Crippen LogP contribution in [0.4, 0.5) is 0 Å². The lowest BCUT2D eigenvalue weighted by Crippen LogP contribution is -2.00. The number of nitrogens with zero attached hydrogens (tertiary/aromatic N) is 1. The number of imidazole rings is 1. The Kier molecular flexibility index (Phi) is 2.83. The highest BCUT2D eigenvalue weighted by Gasteiger charge is 2.08. The van der Waals surface area contributed by atoms with Gasteiger partial charge in [0.2, 0.25) is 0 Å². The molecule has 0 fully saturated rings. The average Bonchev–Trinajstić information content (AvgIpc) is 2.58. The van der Waals surface area contributed by atoms with Crippen molar-refractivity contribution in [2.75, 3.05) is 7.11 Å². The standard InChI is InChI=1S/C12H14N2OS/c1-8-4-5-11(15-3)10(6-8)14-9(2)7-13-12(14)16/h4-7H,1-3H3,(H,13,16). The summed E-state index contributed by atoms with van der Waals surface area (Å²) in [6.07, 6.45) is 1.89. The smallest absolute Gasteiger partial charge is 0.182 e. The summed E-state index contributed by atoms with van der Waals surface area (Å²) in [7, 11) is 1.67. The summed E-state index contributed by atoms with van der Waals surface area (Å²) in [5, 5.41) is 0. The number of hydrogen-bond donors (Lipinski definition) is 1. The molecule has 84 valence electrons. The van der Waals surface area contributed by atoms with Crippen LogP contribution in [0.1, 0.15) is 11.3 Å². The molecule has 1 N–H and O–H groups in total. The quantitative estimate of drug-likeness (QED) is 0.809. The maximum Gasteiger partial charge on any atom is 0.182 e. The Morgan fingerprint density at radius 1 is 1.31 bits per heavy atom. The summed E-state index contributed by atoms with van der Waals surface area (Å²) in [6, 6.07) is 6.04. The molecule has 3 nitrogen and oxygen atoms in total. The fourth-order valence-corrected chi connectivity index (χ4v) is 2.03. The van der Waals surface area contributed by atoms with Crippen LogP contribution in [0.3, 0.4) is 0 Å². The lowest BCUT2D eigenvalue weighted by atomic mass is 10.2. The molecule has 1 heterocycles. The lowest BCUT2D eigenvalue weighted by Gasteiger charge is -2.11. The van der Waals surface area contributed by atoms with Crippen molar-refractivity contribution in [2.24, 2.45) is 0 Å². The molecule has 2 aromatic rings. The maximum absolute atomic E-state index is 5.35. The predicted molar refractivity (Wildman–Crippen MR) is 67.0 cm³/mol. The van der Waals surface area contributed by atoms with Gasteiger partial charge in [0.05, 0.1) is 12.8 Å². The van der Waals surface area contributed by atoms with Crippen LogP contribution in [-0.2, 0) is 0 Å². The molecular weight excluding hydrogens is 220 g/mol. The average molecular weight is 234 g/mol. The van der Waals surface area contributed by atoms with Gasteiger partial charge in [-0.25, -0.2) is 0 Å². The molecule has 1 aromatic heterocycles. The van der Waals surface area contributed by atoms with E-state index in [9.17, 15) is 0 Å². The number of H-pyrrole nitrogens is 1. The zero-order chi connectivity index (χ0) is 11.7. The highest BCUT2D eigenvalue weighted by Crippen LogP contribution is 2.25. The van der Waals surface area contributed by atoms with Gasteiger partial charge in [-0.15, -0.1) is 0 Å². The first-order chi connectivity index (χ1) is 7.63. The number of aromatic amines is 1. The van der Waals surface area contributed by atoms with Crippen molar-refractivity contribution in [3.63, 3.8) is 0 Å². The Labute approximate surface area is 99.7 Å². The van der Waals surface area contributed by atoms with Crippen molar-refractivity contribution in [1.29, 1.82) is 0 Å². The second-order valence-electron chi connectivity index (χ2n) is 3.75. The Morgan fingerprint density at radius 3 is 2.62 bits per heavy atom. The Hall–Kier alpha value is -1.55. The zero-order valence-electron chi connectivity index (χ0n) is 9.57. The molecule has 1 aromatic carbocycles. The minimum atomic E-state index is 0.682. The molecule has 0 unspecified atom stereocenters. The van der Waals surface area contributed by atoms with E-state index in [-0.39, 0.29) is 0 Å². The largest absolute Gasteiger partial charge is 0.495 e. The molecule has 0 saturated heterocycles. The number of methoxy groups -OCH3 is 1. The molecule has 2 rings (SSSR count). The van der Waals surface area contributed by atoms with Crippen LogP contribution in [0.15, 0.2) is 24.4 Å². The van der Waals surface area contributed by atoms with E-state index in [2.05, 4.69) is 18.0 Å². The Balaban J connectivity index is 2.72. The first-order valence-corrected chi connectivity index (χ1v) is 5.46. The highest BCUT2D eigenvalue weighted by atomic mass is 32.1. The molecule has 0 spiro atoms. The third-order valence-corrected chi connectivity index (χ3v) is 2.84. The summed E-state index contributed by atoms with van der Waals surface area (Å²) in [5.41, 5.74) is 3.22. The van der Waals surface area contributed by atoms with Crippen molar-refractivity contribution in [1.82, 2.24) is 9.55 Å². The van der Waals surface area contributed by atoms with E-state index < -0.39 is 0 Å². The van der Waals surface area contributed by atoms with Gasteiger partial charge in [-0.3, -0.25) is 4.57 Å². The second-order valence-corrected chi connectivity index (χ2v) is 4.13. The molecule has 0 saturated carbocycles. The first-order valence-electron chi connectivity index (χ1n) is 5.05. The molecule has 0 aliphatic carbocycles. The predicted octanol–water partition coefficient (Wildman–Crippen LogP) is 3.16. The van der Waals surface area contributed by atoms with Gasteiger partial charge in [0.25, 0.3) is 0 Å². The van der Waals surface area contributed by atoms with Crippen molar-refractivity contribution in [3.8, 4) is 11.4 Å². The van der Waals surface area contributed by atoms with E-state index >= 15 is 0 Å². The number of rotatable bonds is 2. The minimum absolute atomic E-state index is 0.682. The number of hydrogen-bond acceptors (Lipinski definition) is 2. The topological polar surface area (TPSA) is 29.9 Å². The van der Waals surface area contributed by atoms with E-state index in [1.807, 2.05) is 29.8 Å². The van der Waals surface area contributed by atoms with Gasteiger partial charge in [-0.05, 0) is 43.8 Å². The van der Waals surface area contributed by atoms with Gasteiger partial charge < -0.3 is 9.72 Å². The molecule has 0 atom stereocenters. The monoisotopic (exact) mass is 234 g/mol. The van der Waals surface area contributed by atoms with E-state index in [1.54, 1.807) is 7.11 Å². The summed E-state index contributed by atoms with van der Waals surface area (Å²) in [4.78, 5) is 3.03. The van der Waals surface area contributed by atoms with Crippen molar-refractivity contribution in [3.05, 3.63) is 40.4 Å². The lowest BCUT2D eigenvalue weighted by molar-refractivity contribution is 0.412. The number of aromatic nitrogens is 2. The van der Waals surface area contributed by atoms with Crippen LogP contribution in [0, 0.1) is 18.6 Å². The summed E-state index contributed by atoms with van der Waals surface area (Å²) in [5.74, 6) is 0.824. The Bertz CT molecular complexity index is 569. The highest BCUT2D eigenvalue weighted by molar-refractivity contribution is 7.71. The molecule has 0 aliphatic rings. The van der Waals surface area contributed by atoms with Crippen LogP contribution in [0.25, 0.3) is 5.69 Å². The van der Waals surface area contributed by atoms with Gasteiger partial charge >= 0.3 is 0 Å². The van der Waals surface area contributed by atoms with E-state index in [0.29, 0.717) is 4.77 Å². The fourth-order valence-electron chi connectivity index (χ4n) is 1.73. The van der Waals surface area contributed by atoms with Gasteiger partial charge in [0, 0.05) is 11.9 Å². The Morgan fingerprint density at radius 2 is 2.06 bits per heavy atom. The summed E-state index contributed by atoms with van der Waals surface area (Å²) >= 11 is 5.26. The third-order valence-electron chi connectivity index (χ3n) is 2.54. The maximum atomic E-state index is 5.35. The second kappa shape index (κ2) is 4.14. The number of benzene rings is 1. The van der Waals surface area contributed by atoms with Crippen molar-refractivity contribution in [2.45, 2.75) is 13.8 Å². The third kappa shape index (κ3) is 1.76. The van der Waals surface area contributed by atoms with Gasteiger partial charge in [-0.1, -0.05) is 6.07 Å². The summed E-state index contributed by atoms with van der Waals surface area (Å²) < 4.78 is 8.01. The molecule has 0 amide bonds. The van der Waals surface area contributed by atoms with Crippen molar-refractivity contribution >= 4 is 12.2 Å². The van der Waals surface area contributed by atoms with Crippen LogP contribution in [0.5, 0.6) is 5.75 Å². The molecule has 0 radical (unpaired) electrons. The van der Waals surface area contributed by atoms with E-state index in [1.165, 1.54) is 5.56 Å². The zero-order valence-corrected chi connectivity index (χ0v) is 10.4. The number of aryl methyl sites for hydroxylation is 2. The minimum Gasteiger partial charge on any atom is -0.495 e.